The van der Waals surface area contributed by atoms with Crippen LogP contribution in [0.5, 0.6) is 0 Å². The van der Waals surface area contributed by atoms with Crippen LogP contribution in [-0.2, 0) is 22.7 Å². The van der Waals surface area contributed by atoms with Crippen LogP contribution in [0.15, 0.2) is 64.1 Å². The van der Waals surface area contributed by atoms with Crippen LogP contribution in [0.1, 0.15) is 17.0 Å². The van der Waals surface area contributed by atoms with Crippen LogP contribution in [-0.4, -0.2) is 19.7 Å². The van der Waals surface area contributed by atoms with E-state index in [0.29, 0.717) is 4.90 Å². The molecule has 0 amide bonds. The van der Waals surface area contributed by atoms with E-state index in [-0.39, 0.29) is 0 Å². The number of aryl methyl sites for hydroxylation is 3. The molecule has 0 saturated heterocycles. The molecule has 0 aliphatic carbocycles. The third-order valence-electron chi connectivity index (χ3n) is 3.96. The molecule has 0 aliphatic rings. The van der Waals surface area contributed by atoms with Crippen molar-refractivity contribution in [1.82, 2.24) is 4.98 Å². The second-order valence-electron chi connectivity index (χ2n) is 5.84. The van der Waals surface area contributed by atoms with Gasteiger partial charge in [0, 0.05) is 23.9 Å². The summed E-state index contributed by atoms with van der Waals surface area (Å²) in [5.41, 5.74) is 3.88. The Bertz CT molecular complexity index is 941. The Hall–Kier alpha value is -2.40. The molecule has 5 heteroatoms. The quantitative estimate of drug-likeness (QED) is 0.707. The first kappa shape index (κ1) is 16.5. The fourth-order valence-corrected chi connectivity index (χ4v) is 3.18. The van der Waals surface area contributed by atoms with Crippen LogP contribution in [0.2, 0.25) is 0 Å². The minimum Gasteiger partial charge on any atom is -0.469 e. The highest BCUT2D eigenvalue weighted by Crippen LogP contribution is 2.20. The van der Waals surface area contributed by atoms with Crippen molar-refractivity contribution in [1.29, 1.82) is 0 Å². The molecule has 1 aromatic carbocycles. The van der Waals surface area contributed by atoms with Crippen LogP contribution >= 0.6 is 0 Å². The van der Waals surface area contributed by atoms with Crippen molar-refractivity contribution in [2.75, 3.05) is 6.26 Å². The normalized spacial score (nSPS) is 11.6. The zero-order valence-electron chi connectivity index (χ0n) is 13.7. The number of pyridine rings is 1. The van der Waals surface area contributed by atoms with E-state index in [2.05, 4.69) is 4.98 Å². The monoisotopic (exact) mass is 341 g/mol. The lowest BCUT2D eigenvalue weighted by atomic mass is 10.1. The van der Waals surface area contributed by atoms with E-state index >= 15 is 0 Å². The molecule has 124 valence electrons. The second-order valence-corrected chi connectivity index (χ2v) is 7.85. The topological polar surface area (TPSA) is 60.2 Å². The Kier molecular flexibility index (Phi) is 4.53. The SMILES string of the molecule is Cc1ccoc1CCc1cccc(-c2ccc(S(C)(=O)=O)cc2)n1. The van der Waals surface area contributed by atoms with Crippen molar-refractivity contribution >= 4 is 9.84 Å². The minimum atomic E-state index is -3.18. The number of rotatable bonds is 5. The molecule has 2 aromatic heterocycles. The van der Waals surface area contributed by atoms with Gasteiger partial charge in [0.1, 0.15) is 5.76 Å². The van der Waals surface area contributed by atoms with E-state index in [4.69, 9.17) is 4.42 Å². The zero-order valence-corrected chi connectivity index (χ0v) is 14.5. The van der Waals surface area contributed by atoms with E-state index < -0.39 is 9.84 Å². The summed E-state index contributed by atoms with van der Waals surface area (Å²) in [4.78, 5) is 4.99. The summed E-state index contributed by atoms with van der Waals surface area (Å²) >= 11 is 0. The molecule has 0 bridgehead atoms. The highest BCUT2D eigenvalue weighted by molar-refractivity contribution is 7.90. The maximum atomic E-state index is 11.5. The summed E-state index contributed by atoms with van der Waals surface area (Å²) in [5.74, 6) is 0.986. The standard InChI is InChI=1S/C19H19NO3S/c1-14-12-13-23-19(14)11-8-16-4-3-5-18(20-16)15-6-9-17(10-7-15)24(2,21)22/h3-7,9-10,12-13H,8,11H2,1-2H3. The Morgan fingerprint density at radius 3 is 2.38 bits per heavy atom. The summed E-state index contributed by atoms with van der Waals surface area (Å²) in [5, 5.41) is 0. The number of aromatic nitrogens is 1. The number of hydrogen-bond acceptors (Lipinski definition) is 4. The maximum absolute atomic E-state index is 11.5. The largest absolute Gasteiger partial charge is 0.469 e. The molecule has 4 nitrogen and oxygen atoms in total. The molecule has 24 heavy (non-hydrogen) atoms. The van der Waals surface area contributed by atoms with Gasteiger partial charge in [-0.05, 0) is 49.2 Å². The predicted molar refractivity (Wildman–Crippen MR) is 93.6 cm³/mol. The Morgan fingerprint density at radius 2 is 1.75 bits per heavy atom. The molecule has 3 rings (SSSR count). The average molecular weight is 341 g/mol. The third-order valence-corrected chi connectivity index (χ3v) is 5.09. The van der Waals surface area contributed by atoms with Gasteiger partial charge in [-0.3, -0.25) is 4.98 Å². The van der Waals surface area contributed by atoms with Gasteiger partial charge >= 0.3 is 0 Å². The van der Waals surface area contributed by atoms with Crippen molar-refractivity contribution in [2.45, 2.75) is 24.7 Å². The van der Waals surface area contributed by atoms with Gasteiger partial charge in [-0.2, -0.15) is 0 Å². The highest BCUT2D eigenvalue weighted by atomic mass is 32.2. The second kappa shape index (κ2) is 6.61. The molecule has 0 N–H and O–H groups in total. The molecule has 0 unspecified atom stereocenters. The van der Waals surface area contributed by atoms with E-state index in [9.17, 15) is 8.42 Å². The van der Waals surface area contributed by atoms with Crippen molar-refractivity contribution in [2.24, 2.45) is 0 Å². The van der Waals surface area contributed by atoms with Gasteiger partial charge in [0.05, 0.1) is 16.9 Å². The maximum Gasteiger partial charge on any atom is 0.175 e. The van der Waals surface area contributed by atoms with Gasteiger partial charge in [-0.15, -0.1) is 0 Å². The van der Waals surface area contributed by atoms with Gasteiger partial charge < -0.3 is 4.42 Å². The minimum absolute atomic E-state index is 0.315. The van der Waals surface area contributed by atoms with Gasteiger partial charge in [-0.25, -0.2) is 8.42 Å². The van der Waals surface area contributed by atoms with Crippen molar-refractivity contribution in [3.05, 3.63) is 71.8 Å². The van der Waals surface area contributed by atoms with Crippen LogP contribution < -0.4 is 0 Å². The van der Waals surface area contributed by atoms with E-state index in [1.165, 1.54) is 6.26 Å². The number of furan rings is 1. The first-order valence-corrected chi connectivity index (χ1v) is 9.62. The van der Waals surface area contributed by atoms with Crippen LogP contribution in [0.25, 0.3) is 11.3 Å². The lowest BCUT2D eigenvalue weighted by molar-refractivity contribution is 0.505. The number of sulfone groups is 1. The predicted octanol–water partition coefficient (Wildman–Crippen LogP) is 3.84. The molecule has 3 aromatic rings. The molecule has 0 aliphatic heterocycles. The van der Waals surface area contributed by atoms with Crippen molar-refractivity contribution in [3.63, 3.8) is 0 Å². The van der Waals surface area contributed by atoms with E-state index in [1.54, 1.807) is 30.5 Å². The van der Waals surface area contributed by atoms with Gasteiger partial charge in [0.2, 0.25) is 0 Å². The number of nitrogens with zero attached hydrogens (tertiary/aromatic N) is 1. The van der Waals surface area contributed by atoms with E-state index in [1.807, 2.05) is 31.2 Å². The molecule has 0 spiro atoms. The lowest BCUT2D eigenvalue weighted by Gasteiger charge is -2.06. The summed E-state index contributed by atoms with van der Waals surface area (Å²) in [6, 6.07) is 14.7. The summed E-state index contributed by atoms with van der Waals surface area (Å²) in [6.07, 6.45) is 4.52. The molecular formula is C19H19NO3S. The summed E-state index contributed by atoms with van der Waals surface area (Å²) < 4.78 is 28.5. The summed E-state index contributed by atoms with van der Waals surface area (Å²) in [7, 11) is -3.18. The first-order valence-electron chi connectivity index (χ1n) is 7.73. The van der Waals surface area contributed by atoms with E-state index in [0.717, 1.165) is 41.1 Å². The van der Waals surface area contributed by atoms with Gasteiger partial charge in [0.15, 0.2) is 9.84 Å². The summed E-state index contributed by atoms with van der Waals surface area (Å²) in [6.45, 7) is 2.03. The van der Waals surface area contributed by atoms with Crippen LogP contribution in [0, 0.1) is 6.92 Å². The smallest absolute Gasteiger partial charge is 0.175 e. The van der Waals surface area contributed by atoms with Gasteiger partial charge in [0.25, 0.3) is 0 Å². The van der Waals surface area contributed by atoms with Crippen LogP contribution in [0.4, 0.5) is 0 Å². The molecule has 0 fully saturated rings. The third kappa shape index (κ3) is 3.74. The Morgan fingerprint density at radius 1 is 1.00 bits per heavy atom. The zero-order chi connectivity index (χ0) is 17.2. The van der Waals surface area contributed by atoms with Crippen LogP contribution in [0.3, 0.4) is 0 Å². The first-order chi connectivity index (χ1) is 11.4. The molecule has 0 atom stereocenters. The van der Waals surface area contributed by atoms with Gasteiger partial charge in [-0.1, -0.05) is 18.2 Å². The Balaban J connectivity index is 1.79. The highest BCUT2D eigenvalue weighted by Gasteiger charge is 2.08. The number of benzene rings is 1. The Labute approximate surface area is 142 Å². The molecule has 0 saturated carbocycles. The van der Waals surface area contributed by atoms with Crippen molar-refractivity contribution in [3.8, 4) is 11.3 Å². The fraction of sp³-hybridized carbons (Fsp3) is 0.211. The molecule has 2 heterocycles. The molecular weight excluding hydrogens is 322 g/mol. The fourth-order valence-electron chi connectivity index (χ4n) is 2.55. The molecule has 0 radical (unpaired) electrons. The number of hydrogen-bond donors (Lipinski definition) is 0. The van der Waals surface area contributed by atoms with Crippen molar-refractivity contribution < 1.29 is 12.8 Å². The average Bonchev–Trinajstić information content (AvgIpc) is 2.98. The lowest BCUT2D eigenvalue weighted by Crippen LogP contribution is -1.98.